The fourth-order valence-electron chi connectivity index (χ4n) is 2.25. The molecule has 2 unspecified atom stereocenters. The lowest BCUT2D eigenvalue weighted by Crippen LogP contribution is -2.30. The van der Waals surface area contributed by atoms with E-state index in [0.717, 1.165) is 12.1 Å². The fourth-order valence-corrected chi connectivity index (χ4v) is 3.19. The summed E-state index contributed by atoms with van der Waals surface area (Å²) in [4.78, 5) is 24.9. The molecule has 2 aromatic rings. The van der Waals surface area contributed by atoms with E-state index in [1.807, 2.05) is 0 Å². The van der Waals surface area contributed by atoms with E-state index in [9.17, 15) is 27.0 Å². The van der Waals surface area contributed by atoms with Crippen LogP contribution in [0.25, 0.3) is 0 Å². The maximum Gasteiger partial charge on any atom is 0.573 e. The largest absolute Gasteiger partial charge is 0.573 e. The molecule has 0 aliphatic rings. The summed E-state index contributed by atoms with van der Waals surface area (Å²) in [6.45, 7) is 3.05. The van der Waals surface area contributed by atoms with Crippen molar-refractivity contribution in [2.45, 2.75) is 31.2 Å². The molecule has 10 heteroatoms. The van der Waals surface area contributed by atoms with E-state index in [4.69, 9.17) is 4.74 Å². The summed E-state index contributed by atoms with van der Waals surface area (Å²) in [6.07, 6.45) is -6.01. The molecule has 1 amide bonds. The quantitative estimate of drug-likeness (QED) is 0.676. The number of esters is 1. The molecule has 29 heavy (non-hydrogen) atoms. The zero-order valence-corrected chi connectivity index (χ0v) is 16.3. The number of ether oxygens (including phenoxy) is 2. The normalized spacial score (nSPS) is 13.3. The highest BCUT2D eigenvalue weighted by molar-refractivity contribution is 7.85. The first kappa shape index (κ1) is 22.4. The molecule has 2 aromatic carbocycles. The van der Waals surface area contributed by atoms with Gasteiger partial charge in [-0.15, -0.1) is 13.2 Å². The van der Waals surface area contributed by atoms with Gasteiger partial charge in [-0.25, -0.2) is 4.79 Å². The van der Waals surface area contributed by atoms with Crippen molar-refractivity contribution in [1.29, 1.82) is 0 Å². The summed E-state index contributed by atoms with van der Waals surface area (Å²) in [5.74, 6) is -1.61. The Hall–Kier alpha value is -2.88. The number of alkyl halides is 3. The van der Waals surface area contributed by atoms with E-state index < -0.39 is 40.9 Å². The van der Waals surface area contributed by atoms with Crippen molar-refractivity contribution in [1.82, 2.24) is 0 Å². The molecule has 6 nitrogen and oxygen atoms in total. The van der Waals surface area contributed by atoms with Gasteiger partial charge >= 0.3 is 12.3 Å². The second-order valence-electron chi connectivity index (χ2n) is 5.74. The predicted molar refractivity (Wildman–Crippen MR) is 100 cm³/mol. The summed E-state index contributed by atoms with van der Waals surface area (Å²) in [7, 11) is -1.38. The molecule has 0 spiro atoms. The highest BCUT2D eigenvalue weighted by atomic mass is 32.2. The molecule has 0 aliphatic heterocycles. The fraction of sp³-hybridized carbons (Fsp3) is 0.263. The van der Waals surface area contributed by atoms with Crippen molar-refractivity contribution in [3.63, 3.8) is 0 Å². The van der Waals surface area contributed by atoms with Crippen LogP contribution in [0.4, 0.5) is 18.9 Å². The number of hydrogen-bond acceptors (Lipinski definition) is 5. The number of hydrogen-bond donors (Lipinski definition) is 1. The lowest BCUT2D eigenvalue weighted by molar-refractivity contribution is -0.274. The molecule has 0 heterocycles. The number of rotatable bonds is 7. The Balaban J connectivity index is 2.01. The second-order valence-corrected chi connectivity index (χ2v) is 7.45. The van der Waals surface area contributed by atoms with Gasteiger partial charge in [0.15, 0.2) is 6.10 Å². The number of anilines is 1. The zero-order valence-electron chi connectivity index (χ0n) is 15.5. The van der Waals surface area contributed by atoms with E-state index in [1.54, 1.807) is 25.1 Å². The van der Waals surface area contributed by atoms with Crippen LogP contribution in [0.2, 0.25) is 0 Å². The minimum atomic E-state index is -4.81. The van der Waals surface area contributed by atoms with Gasteiger partial charge in [-0.2, -0.15) is 0 Å². The van der Waals surface area contributed by atoms with Crippen molar-refractivity contribution in [2.75, 3.05) is 11.1 Å². The number of halogens is 3. The van der Waals surface area contributed by atoms with Crippen LogP contribution in [0, 0.1) is 0 Å². The van der Waals surface area contributed by atoms with Gasteiger partial charge in [-0.05, 0) is 43.3 Å². The summed E-state index contributed by atoms with van der Waals surface area (Å²) in [5.41, 5.74) is 0.292. The minimum absolute atomic E-state index is 0.0981. The Morgan fingerprint density at radius 3 is 2.31 bits per heavy atom. The predicted octanol–water partition coefficient (Wildman–Crippen LogP) is 3.90. The molecule has 0 saturated carbocycles. The van der Waals surface area contributed by atoms with E-state index >= 15 is 0 Å². The van der Waals surface area contributed by atoms with Gasteiger partial charge in [0, 0.05) is 11.4 Å². The van der Waals surface area contributed by atoms with Crippen LogP contribution in [0.15, 0.2) is 53.4 Å². The molecule has 2 atom stereocenters. The molecule has 2 rings (SSSR count). The Morgan fingerprint density at radius 1 is 1.10 bits per heavy atom. The number of amides is 1. The van der Waals surface area contributed by atoms with E-state index in [0.29, 0.717) is 10.6 Å². The van der Waals surface area contributed by atoms with Gasteiger partial charge in [0.1, 0.15) is 5.75 Å². The molecular weight excluding hydrogens is 411 g/mol. The van der Waals surface area contributed by atoms with Crippen molar-refractivity contribution in [3.8, 4) is 5.75 Å². The maximum atomic E-state index is 12.4. The maximum absolute atomic E-state index is 12.4. The van der Waals surface area contributed by atoms with Crippen molar-refractivity contribution >= 4 is 28.4 Å². The molecule has 0 fully saturated rings. The van der Waals surface area contributed by atoms with E-state index in [1.165, 1.54) is 25.1 Å². The van der Waals surface area contributed by atoms with Gasteiger partial charge < -0.3 is 14.8 Å². The summed E-state index contributed by atoms with van der Waals surface area (Å²) < 4.78 is 57.4. The minimum Gasteiger partial charge on any atom is -0.449 e. The molecule has 1 N–H and O–H groups in total. The Kier molecular flexibility index (Phi) is 7.38. The van der Waals surface area contributed by atoms with Crippen LogP contribution in [-0.2, 0) is 20.3 Å². The Bertz CT molecular complexity index is 899. The summed E-state index contributed by atoms with van der Waals surface area (Å²) in [5, 5.41) is 2.42. The molecule has 0 aromatic heterocycles. The van der Waals surface area contributed by atoms with Crippen molar-refractivity contribution in [3.05, 3.63) is 54.1 Å². The van der Waals surface area contributed by atoms with Crippen LogP contribution in [0.3, 0.4) is 0 Å². The summed E-state index contributed by atoms with van der Waals surface area (Å²) in [6, 6.07) is 10.7. The smallest absolute Gasteiger partial charge is 0.449 e. The number of carbonyl (C=O) groups is 2. The first-order chi connectivity index (χ1) is 13.6. The van der Waals surface area contributed by atoms with Crippen LogP contribution >= 0.6 is 0 Å². The first-order valence-electron chi connectivity index (χ1n) is 8.45. The SMILES string of the molecule is CCS(=O)c1ccccc1C(=O)OC(C)C(=O)Nc1ccc(OC(F)(F)F)cc1. The van der Waals surface area contributed by atoms with Gasteiger partial charge in [0.05, 0.1) is 21.3 Å². The standard InChI is InChI=1S/C19H18F3NO5S/c1-3-29(26)16-7-5-4-6-15(16)18(25)27-12(2)17(24)23-13-8-10-14(11-9-13)28-19(20,21)22/h4-12H,3H2,1-2H3,(H,23,24). The van der Waals surface area contributed by atoms with Gasteiger partial charge in [0.25, 0.3) is 5.91 Å². The van der Waals surface area contributed by atoms with E-state index in [-0.39, 0.29) is 11.3 Å². The Labute approximate surface area is 167 Å². The number of benzene rings is 2. The molecule has 0 aliphatic carbocycles. The second kappa shape index (κ2) is 9.55. The third-order valence-corrected chi connectivity index (χ3v) is 4.99. The Morgan fingerprint density at radius 2 is 1.72 bits per heavy atom. The summed E-state index contributed by atoms with van der Waals surface area (Å²) >= 11 is 0. The van der Waals surface area contributed by atoms with Gasteiger partial charge in [-0.3, -0.25) is 9.00 Å². The van der Waals surface area contributed by atoms with Crippen LogP contribution in [-0.4, -0.2) is 34.3 Å². The van der Waals surface area contributed by atoms with Gasteiger partial charge in [0.2, 0.25) is 0 Å². The van der Waals surface area contributed by atoms with Crippen LogP contribution in [0.1, 0.15) is 24.2 Å². The first-order valence-corrected chi connectivity index (χ1v) is 9.77. The van der Waals surface area contributed by atoms with Crippen LogP contribution < -0.4 is 10.1 Å². The molecule has 0 saturated heterocycles. The van der Waals surface area contributed by atoms with Crippen LogP contribution in [0.5, 0.6) is 5.75 Å². The van der Waals surface area contributed by atoms with Crippen molar-refractivity contribution < 1.29 is 36.4 Å². The average molecular weight is 429 g/mol. The third kappa shape index (κ3) is 6.60. The average Bonchev–Trinajstić information content (AvgIpc) is 2.67. The highest BCUT2D eigenvalue weighted by Crippen LogP contribution is 2.24. The zero-order chi connectivity index (χ0) is 21.6. The highest BCUT2D eigenvalue weighted by Gasteiger charge is 2.31. The third-order valence-electron chi connectivity index (χ3n) is 3.62. The number of nitrogens with one attached hydrogen (secondary N) is 1. The monoisotopic (exact) mass is 429 g/mol. The van der Waals surface area contributed by atoms with E-state index in [2.05, 4.69) is 10.1 Å². The molecular formula is C19H18F3NO5S. The topological polar surface area (TPSA) is 81.7 Å². The van der Waals surface area contributed by atoms with Gasteiger partial charge in [-0.1, -0.05) is 19.1 Å². The molecule has 0 bridgehead atoms. The number of carbonyl (C=O) groups excluding carboxylic acids is 2. The molecule has 0 radical (unpaired) electrons. The lowest BCUT2D eigenvalue weighted by atomic mass is 10.2. The van der Waals surface area contributed by atoms with Crippen molar-refractivity contribution in [2.24, 2.45) is 0 Å². The lowest BCUT2D eigenvalue weighted by Gasteiger charge is -2.15. The molecule has 156 valence electrons.